The fourth-order valence-corrected chi connectivity index (χ4v) is 4.38. The number of sulfonamides is 1. The first kappa shape index (κ1) is 18.6. The molecule has 1 aliphatic heterocycles. The van der Waals surface area contributed by atoms with E-state index < -0.39 is 10.0 Å². The van der Waals surface area contributed by atoms with Crippen molar-refractivity contribution in [3.05, 3.63) is 64.1 Å². The monoisotopic (exact) mass is 422 g/mol. The fourth-order valence-electron chi connectivity index (χ4n) is 3.11. The number of likely N-dealkylation sites (tertiary alicyclic amines) is 1. The first-order valence-corrected chi connectivity index (χ1v) is 10.9. The van der Waals surface area contributed by atoms with E-state index >= 15 is 0 Å². The van der Waals surface area contributed by atoms with Crippen LogP contribution in [-0.4, -0.2) is 26.4 Å². The van der Waals surface area contributed by atoms with Crippen LogP contribution < -0.4 is 4.72 Å². The lowest BCUT2D eigenvalue weighted by Gasteiger charge is -2.27. The second-order valence-electron chi connectivity index (χ2n) is 6.38. The number of rotatable bonds is 6. The van der Waals surface area contributed by atoms with Crippen LogP contribution in [0.25, 0.3) is 0 Å². The topological polar surface area (TPSA) is 49.4 Å². The van der Waals surface area contributed by atoms with Gasteiger partial charge in [-0.2, -0.15) is 0 Å². The van der Waals surface area contributed by atoms with Crippen LogP contribution in [0, 0.1) is 0 Å². The van der Waals surface area contributed by atoms with Gasteiger partial charge in [0, 0.05) is 17.6 Å². The summed E-state index contributed by atoms with van der Waals surface area (Å²) in [6.07, 6.45) is 3.81. The van der Waals surface area contributed by atoms with Crippen LogP contribution in [0.1, 0.15) is 30.4 Å². The zero-order valence-corrected chi connectivity index (χ0v) is 16.5. The molecule has 0 bridgehead atoms. The van der Waals surface area contributed by atoms with Gasteiger partial charge in [0.05, 0.1) is 4.90 Å². The standard InChI is InChI=1S/C19H23BrN2O2S/c20-18-8-10-19(11-9-18)25(23,24)21-14-16-6-2-3-7-17(16)15-22-12-4-1-5-13-22/h2-3,6-11,21H,1,4-5,12-15H2. The number of nitrogens with one attached hydrogen (secondary N) is 1. The van der Waals surface area contributed by atoms with Crippen LogP contribution in [0.4, 0.5) is 0 Å². The number of nitrogens with zero attached hydrogens (tertiary/aromatic N) is 1. The van der Waals surface area contributed by atoms with Crippen molar-refractivity contribution in [3.63, 3.8) is 0 Å². The Morgan fingerprint density at radius 2 is 1.56 bits per heavy atom. The second-order valence-corrected chi connectivity index (χ2v) is 9.07. The molecular weight excluding hydrogens is 400 g/mol. The van der Waals surface area contributed by atoms with Gasteiger partial charge in [-0.3, -0.25) is 4.90 Å². The molecule has 1 heterocycles. The second kappa shape index (κ2) is 8.45. The maximum absolute atomic E-state index is 12.5. The first-order valence-electron chi connectivity index (χ1n) is 8.59. The average Bonchev–Trinajstić information content (AvgIpc) is 2.62. The summed E-state index contributed by atoms with van der Waals surface area (Å²) in [4.78, 5) is 2.73. The molecule has 1 saturated heterocycles. The summed E-state index contributed by atoms with van der Waals surface area (Å²) in [5.74, 6) is 0. The first-order chi connectivity index (χ1) is 12.0. The Hall–Kier alpha value is -1.21. The third-order valence-corrected chi connectivity index (χ3v) is 6.48. The molecule has 1 N–H and O–H groups in total. The molecule has 1 fully saturated rings. The summed E-state index contributed by atoms with van der Waals surface area (Å²) < 4.78 is 28.5. The van der Waals surface area contributed by atoms with Gasteiger partial charge in [0.15, 0.2) is 0 Å². The Morgan fingerprint density at radius 1 is 0.920 bits per heavy atom. The molecule has 0 saturated carbocycles. The largest absolute Gasteiger partial charge is 0.299 e. The van der Waals surface area contributed by atoms with Gasteiger partial charge in [0.1, 0.15) is 0 Å². The highest BCUT2D eigenvalue weighted by molar-refractivity contribution is 9.10. The molecule has 2 aromatic rings. The molecule has 25 heavy (non-hydrogen) atoms. The van der Waals surface area contributed by atoms with Crippen molar-refractivity contribution in [1.29, 1.82) is 0 Å². The van der Waals surface area contributed by atoms with E-state index in [2.05, 4.69) is 31.6 Å². The normalized spacial score (nSPS) is 16.0. The van der Waals surface area contributed by atoms with E-state index in [0.29, 0.717) is 6.54 Å². The number of hydrogen-bond acceptors (Lipinski definition) is 3. The maximum atomic E-state index is 12.5. The highest BCUT2D eigenvalue weighted by atomic mass is 79.9. The fraction of sp³-hybridized carbons (Fsp3) is 0.368. The minimum atomic E-state index is -3.51. The van der Waals surface area contributed by atoms with Crippen molar-refractivity contribution in [3.8, 4) is 0 Å². The van der Waals surface area contributed by atoms with Crippen molar-refractivity contribution in [1.82, 2.24) is 9.62 Å². The predicted molar refractivity (Wildman–Crippen MR) is 104 cm³/mol. The van der Waals surface area contributed by atoms with Crippen molar-refractivity contribution >= 4 is 26.0 Å². The Labute approximate surface area is 158 Å². The van der Waals surface area contributed by atoms with Gasteiger partial charge in [-0.05, 0) is 61.3 Å². The van der Waals surface area contributed by atoms with Gasteiger partial charge >= 0.3 is 0 Å². The van der Waals surface area contributed by atoms with Crippen LogP contribution >= 0.6 is 15.9 Å². The highest BCUT2D eigenvalue weighted by Gasteiger charge is 2.16. The molecule has 6 heteroatoms. The lowest BCUT2D eigenvalue weighted by atomic mass is 10.1. The molecule has 0 amide bonds. The summed E-state index contributed by atoms with van der Waals surface area (Å²) in [7, 11) is -3.51. The lowest BCUT2D eigenvalue weighted by Crippen LogP contribution is -2.30. The van der Waals surface area contributed by atoms with Gasteiger partial charge in [-0.15, -0.1) is 0 Å². The van der Waals surface area contributed by atoms with Gasteiger partial charge in [-0.1, -0.05) is 46.6 Å². The molecule has 0 radical (unpaired) electrons. The van der Waals surface area contributed by atoms with Crippen molar-refractivity contribution in [2.45, 2.75) is 37.2 Å². The van der Waals surface area contributed by atoms with E-state index in [4.69, 9.17) is 0 Å². The van der Waals surface area contributed by atoms with Crippen LogP contribution in [0.5, 0.6) is 0 Å². The van der Waals surface area contributed by atoms with E-state index in [1.807, 2.05) is 18.2 Å². The summed E-state index contributed by atoms with van der Waals surface area (Å²) >= 11 is 3.32. The number of piperidine rings is 1. The van der Waals surface area contributed by atoms with Crippen LogP contribution in [0.2, 0.25) is 0 Å². The SMILES string of the molecule is O=S(=O)(NCc1ccccc1CN1CCCCC1)c1ccc(Br)cc1. The molecule has 0 aliphatic carbocycles. The minimum absolute atomic E-state index is 0.282. The van der Waals surface area contributed by atoms with Gasteiger partial charge in [0.2, 0.25) is 10.0 Å². The molecule has 2 aromatic carbocycles. The Morgan fingerprint density at radius 3 is 2.24 bits per heavy atom. The van der Waals surface area contributed by atoms with E-state index in [9.17, 15) is 8.42 Å². The van der Waals surface area contributed by atoms with E-state index in [0.717, 1.165) is 29.7 Å². The molecule has 0 unspecified atom stereocenters. The molecule has 4 nitrogen and oxygen atoms in total. The van der Waals surface area contributed by atoms with E-state index in [1.54, 1.807) is 24.3 Å². The summed E-state index contributed by atoms with van der Waals surface area (Å²) in [5.41, 5.74) is 2.23. The molecule has 3 rings (SSSR count). The Bertz CT molecular complexity index is 800. The smallest absolute Gasteiger partial charge is 0.240 e. The third kappa shape index (κ3) is 5.14. The molecule has 0 atom stereocenters. The van der Waals surface area contributed by atoms with Gasteiger partial charge in [0.25, 0.3) is 0 Å². The third-order valence-electron chi connectivity index (χ3n) is 4.54. The predicted octanol–water partition coefficient (Wildman–Crippen LogP) is 3.91. The van der Waals surface area contributed by atoms with Gasteiger partial charge in [-0.25, -0.2) is 13.1 Å². The molecular formula is C19H23BrN2O2S. The summed E-state index contributed by atoms with van der Waals surface area (Å²) in [6, 6.07) is 14.8. The van der Waals surface area contributed by atoms with Crippen LogP contribution in [0.3, 0.4) is 0 Å². The molecule has 0 aromatic heterocycles. The minimum Gasteiger partial charge on any atom is -0.299 e. The summed E-state index contributed by atoms with van der Waals surface area (Å²) in [5, 5.41) is 0. The van der Waals surface area contributed by atoms with Crippen LogP contribution in [-0.2, 0) is 23.1 Å². The zero-order valence-electron chi connectivity index (χ0n) is 14.1. The summed E-state index contributed by atoms with van der Waals surface area (Å²) in [6.45, 7) is 3.44. The Balaban J connectivity index is 1.69. The van der Waals surface area contributed by atoms with Gasteiger partial charge < -0.3 is 0 Å². The van der Waals surface area contributed by atoms with Crippen molar-refractivity contribution < 1.29 is 8.42 Å². The Kier molecular flexibility index (Phi) is 6.28. The quantitative estimate of drug-likeness (QED) is 0.767. The van der Waals surface area contributed by atoms with Crippen molar-refractivity contribution in [2.24, 2.45) is 0 Å². The molecule has 0 spiro atoms. The van der Waals surface area contributed by atoms with Crippen LogP contribution in [0.15, 0.2) is 57.9 Å². The zero-order chi connectivity index (χ0) is 17.7. The number of halogens is 1. The number of benzene rings is 2. The average molecular weight is 423 g/mol. The van der Waals surface area contributed by atoms with E-state index in [1.165, 1.54) is 24.8 Å². The molecule has 1 aliphatic rings. The number of hydrogen-bond donors (Lipinski definition) is 1. The van der Waals surface area contributed by atoms with E-state index in [-0.39, 0.29) is 4.90 Å². The lowest BCUT2D eigenvalue weighted by molar-refractivity contribution is 0.220. The molecule has 134 valence electrons. The van der Waals surface area contributed by atoms with Crippen molar-refractivity contribution in [2.75, 3.05) is 13.1 Å². The maximum Gasteiger partial charge on any atom is 0.240 e. The highest BCUT2D eigenvalue weighted by Crippen LogP contribution is 2.18.